The van der Waals surface area contributed by atoms with Gasteiger partial charge in [-0.15, -0.1) is 0 Å². The van der Waals surface area contributed by atoms with Crippen molar-refractivity contribution in [3.05, 3.63) is 0 Å². The Labute approximate surface area is 163 Å². The summed E-state index contributed by atoms with van der Waals surface area (Å²) in [5.41, 5.74) is 0. The molecule has 158 valence electrons. The molecule has 0 radical (unpaired) electrons. The van der Waals surface area contributed by atoms with Crippen LogP contribution in [-0.2, 0) is 18.9 Å². The topological polar surface area (TPSA) is 36.9 Å². The van der Waals surface area contributed by atoms with E-state index >= 15 is 0 Å². The van der Waals surface area contributed by atoms with Crippen molar-refractivity contribution in [3.63, 3.8) is 0 Å². The smallest absolute Gasteiger partial charge is 0.104 e. The van der Waals surface area contributed by atoms with Crippen LogP contribution >= 0.6 is 0 Å². The normalized spacial score (nSPS) is 19.3. The minimum absolute atomic E-state index is 0.351. The van der Waals surface area contributed by atoms with Crippen LogP contribution in [0.3, 0.4) is 0 Å². The first kappa shape index (κ1) is 25.8. The number of methoxy groups -OCH3 is 1. The summed E-state index contributed by atoms with van der Waals surface area (Å²) < 4.78 is 20.4. The van der Waals surface area contributed by atoms with Gasteiger partial charge >= 0.3 is 0 Å². The van der Waals surface area contributed by atoms with Crippen LogP contribution in [0.1, 0.15) is 81.1 Å². The molecule has 0 aromatic carbocycles. The van der Waals surface area contributed by atoms with E-state index < -0.39 is 0 Å². The van der Waals surface area contributed by atoms with Crippen molar-refractivity contribution >= 4 is 0 Å². The van der Waals surface area contributed by atoms with Crippen LogP contribution in [0.2, 0.25) is 0 Å². The summed E-state index contributed by atoms with van der Waals surface area (Å²) in [5, 5.41) is 0. The third-order valence-electron chi connectivity index (χ3n) is 4.10. The van der Waals surface area contributed by atoms with Gasteiger partial charge < -0.3 is 18.9 Å². The van der Waals surface area contributed by atoms with E-state index in [-0.39, 0.29) is 0 Å². The predicted molar refractivity (Wildman–Crippen MR) is 110 cm³/mol. The van der Waals surface area contributed by atoms with E-state index in [1.165, 1.54) is 25.7 Å². The second-order valence-corrected chi connectivity index (χ2v) is 8.59. The molecule has 26 heavy (non-hydrogen) atoms. The Hall–Kier alpha value is -0.160. The first-order valence-corrected chi connectivity index (χ1v) is 10.6. The van der Waals surface area contributed by atoms with Crippen LogP contribution in [0.5, 0.6) is 0 Å². The lowest BCUT2D eigenvalue weighted by Crippen LogP contribution is -2.37. The highest BCUT2D eigenvalue weighted by Gasteiger charge is 2.24. The highest BCUT2D eigenvalue weighted by molar-refractivity contribution is 4.75. The van der Waals surface area contributed by atoms with Crippen molar-refractivity contribution in [2.24, 2.45) is 11.8 Å². The minimum atomic E-state index is 0.351. The number of hydrogen-bond acceptors (Lipinski definition) is 4. The number of hydrogen-bond donors (Lipinski definition) is 0. The lowest BCUT2D eigenvalue weighted by molar-refractivity contribution is -0.146. The molecule has 0 unspecified atom stereocenters. The Kier molecular flexibility index (Phi) is 14.8. The van der Waals surface area contributed by atoms with Gasteiger partial charge in [-0.25, -0.2) is 0 Å². The molecule has 1 aliphatic heterocycles. The van der Waals surface area contributed by atoms with E-state index in [2.05, 4.69) is 27.7 Å². The minimum Gasteiger partial charge on any atom is -0.382 e. The Morgan fingerprint density at radius 1 is 0.654 bits per heavy atom. The molecule has 0 amide bonds. The van der Waals surface area contributed by atoms with Crippen molar-refractivity contribution in [2.45, 2.75) is 112 Å². The van der Waals surface area contributed by atoms with Gasteiger partial charge in [-0.2, -0.15) is 0 Å². The van der Waals surface area contributed by atoms with Crippen molar-refractivity contribution in [1.29, 1.82) is 0 Å². The van der Waals surface area contributed by atoms with Gasteiger partial charge in [-0.3, -0.25) is 0 Å². The van der Waals surface area contributed by atoms with E-state index in [1.807, 2.05) is 27.7 Å². The fourth-order valence-electron chi connectivity index (χ4n) is 2.03. The van der Waals surface area contributed by atoms with Crippen LogP contribution in [-0.4, -0.2) is 50.8 Å². The number of rotatable bonds is 6. The van der Waals surface area contributed by atoms with Crippen molar-refractivity contribution in [3.8, 4) is 0 Å². The van der Waals surface area contributed by atoms with Gasteiger partial charge in [0.1, 0.15) is 6.10 Å². The molecule has 4 heteroatoms. The summed E-state index contributed by atoms with van der Waals surface area (Å²) >= 11 is 0. The monoisotopic (exact) mass is 374 g/mol. The van der Waals surface area contributed by atoms with Gasteiger partial charge in [0.25, 0.3) is 0 Å². The average Bonchev–Trinajstić information content (AvgIpc) is 3.36. The first-order valence-electron chi connectivity index (χ1n) is 10.6. The van der Waals surface area contributed by atoms with E-state index in [0.29, 0.717) is 30.5 Å². The number of ether oxygens (including phenoxy) is 4. The predicted octanol–water partition coefficient (Wildman–Crippen LogP) is 5.48. The van der Waals surface area contributed by atoms with Gasteiger partial charge in [0.05, 0.1) is 37.6 Å². The molecule has 1 heterocycles. The summed E-state index contributed by atoms with van der Waals surface area (Å²) in [5.74, 6) is 2.06. The molecule has 3 rings (SSSR count). The highest BCUT2D eigenvalue weighted by Crippen LogP contribution is 2.35. The van der Waals surface area contributed by atoms with Crippen LogP contribution in [0.15, 0.2) is 0 Å². The maximum atomic E-state index is 5.36. The lowest BCUT2D eigenvalue weighted by Gasteiger charge is -2.27. The second kappa shape index (κ2) is 14.8. The molecule has 2 saturated carbocycles. The summed E-state index contributed by atoms with van der Waals surface area (Å²) in [6.45, 7) is 18.4. The second-order valence-electron chi connectivity index (χ2n) is 8.59. The molecule has 0 atom stereocenters. The van der Waals surface area contributed by atoms with Crippen molar-refractivity contribution < 1.29 is 18.9 Å². The Bertz CT molecular complexity index is 303. The van der Waals surface area contributed by atoms with Crippen molar-refractivity contribution in [2.75, 3.05) is 20.3 Å². The first-order chi connectivity index (χ1) is 12.1. The Morgan fingerprint density at radius 3 is 1.15 bits per heavy atom. The van der Waals surface area contributed by atoms with Gasteiger partial charge in [0.15, 0.2) is 0 Å². The molecular formula is C22H46O4. The highest BCUT2D eigenvalue weighted by atomic mass is 16.6. The quantitative estimate of drug-likeness (QED) is 0.617. The maximum Gasteiger partial charge on any atom is 0.104 e. The fourth-order valence-corrected chi connectivity index (χ4v) is 2.03. The summed E-state index contributed by atoms with van der Waals surface area (Å²) in [6.07, 6.45) is 7.76. The molecular weight excluding hydrogens is 328 g/mol. The largest absolute Gasteiger partial charge is 0.382 e. The maximum absolute atomic E-state index is 5.36. The zero-order valence-corrected chi connectivity index (χ0v) is 18.9. The van der Waals surface area contributed by atoms with E-state index in [0.717, 1.165) is 25.0 Å². The van der Waals surface area contributed by atoms with Gasteiger partial charge in [-0.05, 0) is 79.1 Å². The molecule has 0 spiro atoms. The van der Waals surface area contributed by atoms with E-state index in [9.17, 15) is 0 Å². The molecule has 2 aliphatic carbocycles. The molecule has 3 fully saturated rings. The van der Waals surface area contributed by atoms with E-state index in [1.54, 1.807) is 7.11 Å². The molecule has 0 bridgehead atoms. The SMILES string of the molecule is CC(C)C1CC1.CC(C)OC1CC1.CC(C)OC1COC1.COC(C)C. The third kappa shape index (κ3) is 18.6. The Balaban J connectivity index is 0.000000326. The fraction of sp³-hybridized carbons (Fsp3) is 1.00. The third-order valence-corrected chi connectivity index (χ3v) is 4.10. The van der Waals surface area contributed by atoms with Crippen molar-refractivity contribution in [1.82, 2.24) is 0 Å². The standard InChI is InChI=1S/C6H12O2.C6H12O.C6H12.C4H10O/c1-5(2)8-6-3-7-4-6;1-5(2)7-6-3-4-6;1-5(2)6-3-4-6;1-4(2)5-3/h5-6H,3-4H2,1-2H3;5-6H,3-4H2,1-2H3;5-6H,3-4H2,1-2H3;4H,1-3H3. The van der Waals surface area contributed by atoms with Crippen LogP contribution in [0, 0.1) is 11.8 Å². The molecule has 1 saturated heterocycles. The molecule has 3 aliphatic rings. The summed E-state index contributed by atoms with van der Waals surface area (Å²) in [7, 11) is 1.70. The van der Waals surface area contributed by atoms with Gasteiger partial charge in [0.2, 0.25) is 0 Å². The van der Waals surface area contributed by atoms with Gasteiger partial charge in [-0.1, -0.05) is 13.8 Å². The van der Waals surface area contributed by atoms with Crippen LogP contribution < -0.4 is 0 Å². The van der Waals surface area contributed by atoms with E-state index in [4.69, 9.17) is 18.9 Å². The molecule has 4 nitrogen and oxygen atoms in total. The Morgan fingerprint density at radius 2 is 1.08 bits per heavy atom. The van der Waals surface area contributed by atoms with Gasteiger partial charge in [0, 0.05) is 7.11 Å². The zero-order chi connectivity index (χ0) is 20.1. The zero-order valence-electron chi connectivity index (χ0n) is 18.9. The summed E-state index contributed by atoms with van der Waals surface area (Å²) in [4.78, 5) is 0. The molecule has 0 aromatic heterocycles. The van der Waals surface area contributed by atoms with Crippen LogP contribution in [0.25, 0.3) is 0 Å². The lowest BCUT2D eigenvalue weighted by atomic mass is 10.1. The molecule has 0 N–H and O–H groups in total. The molecule has 0 aromatic rings. The summed E-state index contributed by atoms with van der Waals surface area (Å²) in [6, 6.07) is 0. The van der Waals surface area contributed by atoms with Crippen LogP contribution in [0.4, 0.5) is 0 Å². The average molecular weight is 375 g/mol.